The van der Waals surface area contributed by atoms with Crippen LogP contribution in [0.15, 0.2) is 79.1 Å². The Balaban J connectivity index is 1.42. The summed E-state index contributed by atoms with van der Waals surface area (Å²) in [5, 5.41) is 4.77. The fourth-order valence-electron chi connectivity index (χ4n) is 3.06. The number of hydrogen-bond acceptors (Lipinski definition) is 5. The van der Waals surface area contributed by atoms with E-state index >= 15 is 0 Å². The molecule has 33 heavy (non-hydrogen) atoms. The molecule has 0 fully saturated rings. The molecular weight excluding hydrogens is 559 g/mol. The first-order chi connectivity index (χ1) is 15.9. The average molecular weight is 576 g/mol. The molecule has 4 rings (SSSR count). The number of methoxy groups -OCH3 is 1. The second-order valence-corrected chi connectivity index (χ2v) is 8.68. The Bertz CT molecular complexity index is 1350. The van der Waals surface area contributed by atoms with Gasteiger partial charge >= 0.3 is 5.91 Å². The summed E-state index contributed by atoms with van der Waals surface area (Å²) in [4.78, 5) is 12.4. The van der Waals surface area contributed by atoms with Crippen LogP contribution in [0, 0.1) is 5.82 Å². The highest BCUT2D eigenvalue weighted by Crippen LogP contribution is 2.31. The molecule has 0 aliphatic carbocycles. The van der Waals surface area contributed by atoms with Crippen molar-refractivity contribution >= 4 is 55.0 Å². The number of furan rings is 1. The van der Waals surface area contributed by atoms with E-state index in [0.29, 0.717) is 28.2 Å². The molecule has 1 amide bonds. The number of halogens is 3. The van der Waals surface area contributed by atoms with Gasteiger partial charge in [0.15, 0.2) is 17.3 Å². The van der Waals surface area contributed by atoms with Crippen molar-refractivity contribution in [2.45, 2.75) is 6.61 Å². The van der Waals surface area contributed by atoms with Gasteiger partial charge < -0.3 is 13.9 Å². The number of carbonyl (C=O) groups is 1. The van der Waals surface area contributed by atoms with Crippen molar-refractivity contribution in [3.8, 4) is 11.5 Å². The van der Waals surface area contributed by atoms with E-state index in [1.54, 1.807) is 42.5 Å². The number of carbonyl (C=O) groups excluding carboxylic acids is 1. The second-order valence-electron chi connectivity index (χ2n) is 6.91. The second kappa shape index (κ2) is 10.2. The van der Waals surface area contributed by atoms with Crippen LogP contribution in [0.5, 0.6) is 11.5 Å². The quantitative estimate of drug-likeness (QED) is 0.203. The molecule has 1 N–H and O–H groups in total. The monoisotopic (exact) mass is 574 g/mol. The zero-order chi connectivity index (χ0) is 23.4. The minimum Gasteiger partial charge on any atom is -0.493 e. The number of ether oxygens (including phenoxy) is 2. The first-order valence-electron chi connectivity index (χ1n) is 9.71. The number of rotatable bonds is 7. The summed E-state index contributed by atoms with van der Waals surface area (Å²) in [6.45, 7) is 0.0662. The third-order valence-corrected chi connectivity index (χ3v) is 5.71. The highest BCUT2D eigenvalue weighted by atomic mass is 79.9. The lowest BCUT2D eigenvalue weighted by atomic mass is 10.2. The van der Waals surface area contributed by atoms with Crippen molar-refractivity contribution in [1.29, 1.82) is 0 Å². The van der Waals surface area contributed by atoms with Gasteiger partial charge in [-0.2, -0.15) is 5.10 Å². The molecule has 0 atom stereocenters. The third kappa shape index (κ3) is 5.43. The van der Waals surface area contributed by atoms with Crippen LogP contribution in [0.1, 0.15) is 21.7 Å². The zero-order valence-corrected chi connectivity index (χ0v) is 20.4. The van der Waals surface area contributed by atoms with Gasteiger partial charge in [0, 0.05) is 15.4 Å². The summed E-state index contributed by atoms with van der Waals surface area (Å²) in [7, 11) is 1.51. The number of amides is 1. The molecular formula is C24H17Br2FN2O4. The first-order valence-corrected chi connectivity index (χ1v) is 11.3. The van der Waals surface area contributed by atoms with Gasteiger partial charge in [-0.05, 0) is 64.0 Å². The van der Waals surface area contributed by atoms with E-state index in [-0.39, 0.29) is 18.2 Å². The lowest BCUT2D eigenvalue weighted by Crippen LogP contribution is -2.16. The fraction of sp³-hybridized carbons (Fsp3) is 0.0833. The Kier molecular flexibility index (Phi) is 7.10. The molecule has 168 valence electrons. The van der Waals surface area contributed by atoms with Gasteiger partial charge in [0.25, 0.3) is 0 Å². The summed E-state index contributed by atoms with van der Waals surface area (Å²) >= 11 is 6.82. The molecule has 0 spiro atoms. The summed E-state index contributed by atoms with van der Waals surface area (Å²) in [6.07, 6.45) is 1.47. The maximum absolute atomic E-state index is 13.8. The van der Waals surface area contributed by atoms with Crippen molar-refractivity contribution in [3.05, 3.63) is 92.3 Å². The van der Waals surface area contributed by atoms with E-state index in [4.69, 9.17) is 13.9 Å². The summed E-state index contributed by atoms with van der Waals surface area (Å²) in [5.74, 6) is 0.230. The molecule has 0 aliphatic heterocycles. The predicted octanol–water partition coefficient (Wildman–Crippen LogP) is 6.45. The Morgan fingerprint density at radius 2 is 1.94 bits per heavy atom. The molecule has 3 aromatic carbocycles. The minimum absolute atomic E-state index is 0.0662. The van der Waals surface area contributed by atoms with Gasteiger partial charge in [0.05, 0.1) is 17.8 Å². The Hall–Kier alpha value is -3.17. The highest BCUT2D eigenvalue weighted by molar-refractivity contribution is 9.11. The van der Waals surface area contributed by atoms with Crippen LogP contribution >= 0.6 is 31.9 Å². The van der Waals surface area contributed by atoms with Gasteiger partial charge in [0.1, 0.15) is 18.0 Å². The number of fused-ring (bicyclic) bond motifs is 1. The standard InChI is InChI=1S/C24H17Br2FN2O4/c1-31-21-8-14(6-7-20(21)32-13-15-4-2-3-5-19(15)27)12-28-29-24(30)22-10-16-9-17(25)11-18(26)23(16)33-22/h2-12H,13H2,1H3,(H,29,30)/b28-12-. The van der Waals surface area contributed by atoms with Crippen molar-refractivity contribution in [3.63, 3.8) is 0 Å². The van der Waals surface area contributed by atoms with Gasteiger partial charge in [-0.15, -0.1) is 0 Å². The molecule has 6 nitrogen and oxygen atoms in total. The summed E-state index contributed by atoms with van der Waals surface area (Å²) < 4.78 is 32.1. The van der Waals surface area contributed by atoms with Gasteiger partial charge in [0.2, 0.25) is 0 Å². The molecule has 4 aromatic rings. The normalized spacial score (nSPS) is 11.2. The van der Waals surface area contributed by atoms with E-state index in [9.17, 15) is 9.18 Å². The molecule has 0 bridgehead atoms. The number of nitrogens with one attached hydrogen (secondary N) is 1. The molecule has 0 unspecified atom stereocenters. The van der Waals surface area contributed by atoms with Gasteiger partial charge in [-0.25, -0.2) is 9.82 Å². The van der Waals surface area contributed by atoms with Crippen LogP contribution in [-0.2, 0) is 6.61 Å². The van der Waals surface area contributed by atoms with Crippen LogP contribution in [0.3, 0.4) is 0 Å². The molecule has 0 radical (unpaired) electrons. The highest BCUT2D eigenvalue weighted by Gasteiger charge is 2.14. The molecule has 1 heterocycles. The predicted molar refractivity (Wildman–Crippen MR) is 130 cm³/mol. The van der Waals surface area contributed by atoms with Crippen LogP contribution < -0.4 is 14.9 Å². The number of hydrogen-bond donors (Lipinski definition) is 1. The van der Waals surface area contributed by atoms with E-state index in [2.05, 4.69) is 42.4 Å². The largest absolute Gasteiger partial charge is 0.493 e. The molecule has 1 aromatic heterocycles. The van der Waals surface area contributed by atoms with Gasteiger partial charge in [-0.1, -0.05) is 34.1 Å². The van der Waals surface area contributed by atoms with Crippen molar-refractivity contribution in [2.24, 2.45) is 5.10 Å². The molecule has 0 saturated carbocycles. The van der Waals surface area contributed by atoms with Crippen LogP contribution in [0.4, 0.5) is 4.39 Å². The summed E-state index contributed by atoms with van der Waals surface area (Å²) in [5.41, 5.74) is 4.13. The maximum atomic E-state index is 13.8. The first kappa shape index (κ1) is 23.0. The Morgan fingerprint density at radius 3 is 2.73 bits per heavy atom. The lowest BCUT2D eigenvalue weighted by Gasteiger charge is -2.11. The Morgan fingerprint density at radius 1 is 1.12 bits per heavy atom. The smallest absolute Gasteiger partial charge is 0.307 e. The molecule has 0 aliphatic rings. The molecule has 9 heteroatoms. The van der Waals surface area contributed by atoms with Crippen molar-refractivity contribution < 1.29 is 23.1 Å². The van der Waals surface area contributed by atoms with Crippen LogP contribution in [0.25, 0.3) is 11.0 Å². The average Bonchev–Trinajstić information content (AvgIpc) is 3.23. The number of nitrogens with zero attached hydrogens (tertiary/aromatic N) is 1. The van der Waals surface area contributed by atoms with Crippen LogP contribution in [0.2, 0.25) is 0 Å². The SMILES string of the molecule is COc1cc(/C=N\NC(=O)c2cc3cc(Br)cc(Br)c3o2)ccc1OCc1ccccc1F. The number of hydrazone groups is 1. The fourth-order valence-corrected chi connectivity index (χ4v) is 4.40. The van der Waals surface area contributed by atoms with E-state index < -0.39 is 5.91 Å². The van der Waals surface area contributed by atoms with E-state index in [1.165, 1.54) is 19.4 Å². The molecule has 0 saturated heterocycles. The van der Waals surface area contributed by atoms with Crippen molar-refractivity contribution in [1.82, 2.24) is 5.43 Å². The van der Waals surface area contributed by atoms with Gasteiger partial charge in [-0.3, -0.25) is 4.79 Å². The zero-order valence-electron chi connectivity index (χ0n) is 17.3. The van der Waals surface area contributed by atoms with E-state index in [1.807, 2.05) is 12.1 Å². The topological polar surface area (TPSA) is 73.1 Å². The van der Waals surface area contributed by atoms with Crippen molar-refractivity contribution in [2.75, 3.05) is 7.11 Å². The van der Waals surface area contributed by atoms with Crippen LogP contribution in [-0.4, -0.2) is 19.2 Å². The number of benzene rings is 3. The summed E-state index contributed by atoms with van der Waals surface area (Å²) in [6, 6.07) is 16.9. The third-order valence-electron chi connectivity index (χ3n) is 4.67. The Labute approximate surface area is 205 Å². The maximum Gasteiger partial charge on any atom is 0.307 e. The lowest BCUT2D eigenvalue weighted by molar-refractivity contribution is 0.0929. The van der Waals surface area contributed by atoms with E-state index in [0.717, 1.165) is 14.3 Å². The minimum atomic E-state index is -0.484.